The minimum Gasteiger partial charge on any atom is -0.481 e. The van der Waals surface area contributed by atoms with Crippen molar-refractivity contribution in [1.29, 1.82) is 0 Å². The molecule has 0 bridgehead atoms. The van der Waals surface area contributed by atoms with Crippen molar-refractivity contribution in [3.63, 3.8) is 0 Å². The van der Waals surface area contributed by atoms with Gasteiger partial charge in [0.15, 0.2) is 0 Å². The van der Waals surface area contributed by atoms with Crippen molar-refractivity contribution in [3.05, 3.63) is 33.8 Å². The van der Waals surface area contributed by atoms with Crippen molar-refractivity contribution >= 4 is 21.9 Å². The van der Waals surface area contributed by atoms with Crippen LogP contribution >= 0.6 is 15.9 Å². The highest BCUT2D eigenvalue weighted by molar-refractivity contribution is 9.10. The zero-order valence-corrected chi connectivity index (χ0v) is 8.97. The predicted octanol–water partition coefficient (Wildman–Crippen LogP) is 2.64. The summed E-state index contributed by atoms with van der Waals surface area (Å²) in [5.74, 6) is -0.801. The van der Waals surface area contributed by atoms with Crippen molar-refractivity contribution in [3.8, 4) is 0 Å². The molecule has 70 valence electrons. The number of carboxylic acids is 1. The van der Waals surface area contributed by atoms with Gasteiger partial charge in [0.05, 0.1) is 6.42 Å². The molecule has 0 aromatic heterocycles. The summed E-state index contributed by atoms with van der Waals surface area (Å²) in [4.78, 5) is 10.5. The molecule has 0 atom stereocenters. The van der Waals surface area contributed by atoms with Crippen LogP contribution in [0.4, 0.5) is 0 Å². The number of aliphatic carboxylic acids is 1. The summed E-state index contributed by atoms with van der Waals surface area (Å²) >= 11 is 3.35. The summed E-state index contributed by atoms with van der Waals surface area (Å²) < 4.78 is 0.884. The Bertz CT molecular complexity index is 321. The first-order valence-corrected chi connectivity index (χ1v) is 4.92. The van der Waals surface area contributed by atoms with Crippen LogP contribution in [0.15, 0.2) is 22.7 Å². The SMILES string of the molecule is CCc1ccc(CC(=O)O)c(Br)c1. The maximum absolute atomic E-state index is 10.5. The lowest BCUT2D eigenvalue weighted by Crippen LogP contribution is -2.00. The van der Waals surface area contributed by atoms with Gasteiger partial charge in [0.2, 0.25) is 0 Å². The average molecular weight is 243 g/mol. The molecule has 0 aliphatic carbocycles. The Labute approximate surface area is 85.7 Å². The number of benzene rings is 1. The zero-order valence-electron chi connectivity index (χ0n) is 7.38. The van der Waals surface area contributed by atoms with Crippen molar-refractivity contribution in [1.82, 2.24) is 0 Å². The number of rotatable bonds is 3. The van der Waals surface area contributed by atoms with Gasteiger partial charge in [0, 0.05) is 4.47 Å². The molecule has 2 nitrogen and oxygen atoms in total. The van der Waals surface area contributed by atoms with Crippen LogP contribution in [0.2, 0.25) is 0 Å². The van der Waals surface area contributed by atoms with E-state index in [1.165, 1.54) is 5.56 Å². The van der Waals surface area contributed by atoms with Gasteiger partial charge in [-0.2, -0.15) is 0 Å². The molecule has 1 rings (SSSR count). The van der Waals surface area contributed by atoms with Crippen molar-refractivity contribution < 1.29 is 9.90 Å². The quantitative estimate of drug-likeness (QED) is 0.885. The molecule has 13 heavy (non-hydrogen) atoms. The minimum atomic E-state index is -0.801. The molecule has 0 spiro atoms. The second-order valence-corrected chi connectivity index (χ2v) is 3.70. The van der Waals surface area contributed by atoms with E-state index in [2.05, 4.69) is 22.9 Å². The van der Waals surface area contributed by atoms with Crippen LogP contribution in [0, 0.1) is 0 Å². The molecule has 1 N–H and O–H groups in total. The highest BCUT2D eigenvalue weighted by Crippen LogP contribution is 2.19. The molecular weight excluding hydrogens is 232 g/mol. The topological polar surface area (TPSA) is 37.3 Å². The van der Waals surface area contributed by atoms with Crippen LogP contribution in [-0.4, -0.2) is 11.1 Å². The molecule has 0 aliphatic rings. The fourth-order valence-electron chi connectivity index (χ4n) is 1.12. The summed E-state index contributed by atoms with van der Waals surface area (Å²) in [7, 11) is 0. The molecule has 0 aliphatic heterocycles. The summed E-state index contributed by atoms with van der Waals surface area (Å²) in [5.41, 5.74) is 2.03. The van der Waals surface area contributed by atoms with Crippen LogP contribution in [0.3, 0.4) is 0 Å². The molecule has 1 aromatic rings. The van der Waals surface area contributed by atoms with Crippen LogP contribution in [0.5, 0.6) is 0 Å². The van der Waals surface area contributed by atoms with Gasteiger partial charge < -0.3 is 5.11 Å². The van der Waals surface area contributed by atoms with Crippen LogP contribution in [0.1, 0.15) is 18.1 Å². The normalized spacial score (nSPS) is 10.0. The molecule has 0 heterocycles. The number of carboxylic acid groups (broad SMARTS) is 1. The Balaban J connectivity index is 2.91. The van der Waals surface area contributed by atoms with E-state index in [4.69, 9.17) is 5.11 Å². The Kier molecular flexibility index (Phi) is 3.48. The average Bonchev–Trinajstić information content (AvgIpc) is 2.08. The van der Waals surface area contributed by atoms with Crippen molar-refractivity contribution in [2.45, 2.75) is 19.8 Å². The lowest BCUT2D eigenvalue weighted by atomic mass is 10.1. The van der Waals surface area contributed by atoms with E-state index in [0.29, 0.717) is 0 Å². The van der Waals surface area contributed by atoms with Gasteiger partial charge in [-0.3, -0.25) is 4.79 Å². The molecule has 1 aromatic carbocycles. The Morgan fingerprint density at radius 1 is 1.54 bits per heavy atom. The van der Waals surface area contributed by atoms with Gasteiger partial charge in [0.25, 0.3) is 0 Å². The van der Waals surface area contributed by atoms with E-state index in [-0.39, 0.29) is 6.42 Å². The van der Waals surface area contributed by atoms with E-state index in [1.54, 1.807) is 0 Å². The molecule has 0 radical (unpaired) electrons. The van der Waals surface area contributed by atoms with Gasteiger partial charge in [-0.15, -0.1) is 0 Å². The third-order valence-electron chi connectivity index (χ3n) is 1.87. The number of aryl methyl sites for hydroxylation is 1. The van der Waals surface area contributed by atoms with Gasteiger partial charge in [-0.1, -0.05) is 35.0 Å². The third kappa shape index (κ3) is 2.84. The summed E-state index contributed by atoms with van der Waals surface area (Å²) in [6.45, 7) is 2.07. The van der Waals surface area contributed by atoms with Crippen LogP contribution in [-0.2, 0) is 17.6 Å². The lowest BCUT2D eigenvalue weighted by molar-refractivity contribution is -0.136. The van der Waals surface area contributed by atoms with E-state index in [1.807, 2.05) is 18.2 Å². The van der Waals surface area contributed by atoms with E-state index in [9.17, 15) is 4.79 Å². The molecule has 0 amide bonds. The zero-order chi connectivity index (χ0) is 9.84. The number of carbonyl (C=O) groups is 1. The van der Waals surface area contributed by atoms with E-state index >= 15 is 0 Å². The maximum atomic E-state index is 10.5. The lowest BCUT2D eigenvalue weighted by Gasteiger charge is -2.03. The van der Waals surface area contributed by atoms with Crippen molar-refractivity contribution in [2.75, 3.05) is 0 Å². The van der Waals surface area contributed by atoms with Crippen LogP contribution < -0.4 is 0 Å². The maximum Gasteiger partial charge on any atom is 0.307 e. The predicted molar refractivity (Wildman–Crippen MR) is 54.9 cm³/mol. The summed E-state index contributed by atoms with van der Waals surface area (Å²) in [6.07, 6.45) is 1.04. The first-order valence-electron chi connectivity index (χ1n) is 4.12. The number of halogens is 1. The molecule has 0 saturated heterocycles. The largest absolute Gasteiger partial charge is 0.481 e. The van der Waals surface area contributed by atoms with Crippen LogP contribution in [0.25, 0.3) is 0 Å². The molecule has 0 saturated carbocycles. The highest BCUT2D eigenvalue weighted by atomic mass is 79.9. The molecular formula is C10H11BrO2. The summed E-state index contributed by atoms with van der Waals surface area (Å²) in [5, 5.41) is 8.60. The second-order valence-electron chi connectivity index (χ2n) is 2.85. The molecule has 0 unspecified atom stereocenters. The molecule has 0 fully saturated rings. The first kappa shape index (κ1) is 10.3. The minimum absolute atomic E-state index is 0.0740. The third-order valence-corrected chi connectivity index (χ3v) is 2.61. The van der Waals surface area contributed by atoms with Gasteiger partial charge >= 0.3 is 5.97 Å². The monoisotopic (exact) mass is 242 g/mol. The van der Waals surface area contributed by atoms with Gasteiger partial charge in [0.1, 0.15) is 0 Å². The highest BCUT2D eigenvalue weighted by Gasteiger charge is 2.04. The van der Waals surface area contributed by atoms with Gasteiger partial charge in [-0.25, -0.2) is 0 Å². The second kappa shape index (κ2) is 4.42. The molecule has 3 heteroatoms. The first-order chi connectivity index (χ1) is 6.13. The Morgan fingerprint density at radius 2 is 2.23 bits per heavy atom. The summed E-state index contributed by atoms with van der Waals surface area (Å²) in [6, 6.07) is 5.79. The van der Waals surface area contributed by atoms with E-state index in [0.717, 1.165) is 16.5 Å². The van der Waals surface area contributed by atoms with Gasteiger partial charge in [-0.05, 0) is 23.6 Å². The Hall–Kier alpha value is -0.830. The number of hydrogen-bond acceptors (Lipinski definition) is 1. The smallest absolute Gasteiger partial charge is 0.307 e. The van der Waals surface area contributed by atoms with Crippen molar-refractivity contribution in [2.24, 2.45) is 0 Å². The van der Waals surface area contributed by atoms with E-state index < -0.39 is 5.97 Å². The fraction of sp³-hybridized carbons (Fsp3) is 0.300. The standard InChI is InChI=1S/C10H11BrO2/c1-2-7-3-4-8(6-10(12)13)9(11)5-7/h3-5H,2,6H2,1H3,(H,12,13). The fourth-order valence-corrected chi connectivity index (χ4v) is 1.68. The number of hydrogen-bond donors (Lipinski definition) is 1. The Morgan fingerprint density at radius 3 is 2.69 bits per heavy atom.